The van der Waals surface area contributed by atoms with Crippen molar-refractivity contribution in [3.05, 3.63) is 39.7 Å². The normalized spacial score (nSPS) is 11.0. The van der Waals surface area contributed by atoms with E-state index in [2.05, 4.69) is 27.7 Å². The lowest BCUT2D eigenvalue weighted by Crippen LogP contribution is -2.24. The Balaban J connectivity index is 2.58. The van der Waals surface area contributed by atoms with Crippen molar-refractivity contribution >= 4 is 34.4 Å². The lowest BCUT2D eigenvalue weighted by Gasteiger charge is -2.05. The number of nitrogens with one attached hydrogen (secondary N) is 2. The SMILES string of the molecule is Cc1ccc2[nH]c(=O)c(/C=N\NC(N)=S)c(O)c2c1. The number of aryl methyl sites for hydroxylation is 1. The Kier molecular flexibility index (Phi) is 3.48. The van der Waals surface area contributed by atoms with Gasteiger partial charge in [0.15, 0.2) is 5.11 Å². The van der Waals surface area contributed by atoms with E-state index in [0.29, 0.717) is 10.9 Å². The average Bonchev–Trinajstić information content (AvgIpc) is 2.34. The summed E-state index contributed by atoms with van der Waals surface area (Å²) in [5, 5.41) is 14.3. The number of aromatic hydroxyl groups is 1. The lowest BCUT2D eigenvalue weighted by molar-refractivity contribution is 0.479. The molecule has 0 aliphatic heterocycles. The van der Waals surface area contributed by atoms with Crippen LogP contribution in [-0.4, -0.2) is 21.4 Å². The third-order valence-corrected chi connectivity index (χ3v) is 2.64. The van der Waals surface area contributed by atoms with E-state index >= 15 is 0 Å². The number of nitrogens with zero attached hydrogens (tertiary/aromatic N) is 1. The zero-order valence-corrected chi connectivity index (χ0v) is 10.9. The molecule has 0 amide bonds. The predicted octanol–water partition coefficient (Wildman–Crippen LogP) is 0.709. The van der Waals surface area contributed by atoms with Crippen molar-refractivity contribution < 1.29 is 5.11 Å². The minimum Gasteiger partial charge on any atom is -0.506 e. The second kappa shape index (κ2) is 5.07. The zero-order chi connectivity index (χ0) is 14.0. The summed E-state index contributed by atoms with van der Waals surface area (Å²) >= 11 is 4.58. The maximum atomic E-state index is 11.8. The highest BCUT2D eigenvalue weighted by molar-refractivity contribution is 7.80. The molecule has 1 aromatic heterocycles. The summed E-state index contributed by atoms with van der Waals surface area (Å²) in [4.78, 5) is 14.5. The van der Waals surface area contributed by atoms with Crippen molar-refractivity contribution in [3.63, 3.8) is 0 Å². The molecule has 0 aliphatic carbocycles. The number of aromatic nitrogens is 1. The van der Waals surface area contributed by atoms with Gasteiger partial charge in [-0.1, -0.05) is 11.6 Å². The Hall–Kier alpha value is -2.41. The number of fused-ring (bicyclic) bond motifs is 1. The first-order valence-corrected chi connectivity index (χ1v) is 5.84. The Labute approximate surface area is 113 Å². The minimum absolute atomic E-state index is 0.0243. The second-order valence-corrected chi connectivity index (χ2v) is 4.44. The summed E-state index contributed by atoms with van der Waals surface area (Å²) in [6.07, 6.45) is 1.18. The summed E-state index contributed by atoms with van der Waals surface area (Å²) in [5.41, 5.74) is 8.66. The Bertz CT molecular complexity index is 736. The highest BCUT2D eigenvalue weighted by Crippen LogP contribution is 2.24. The highest BCUT2D eigenvalue weighted by Gasteiger charge is 2.10. The molecule has 0 saturated heterocycles. The minimum atomic E-state index is -0.442. The topological polar surface area (TPSA) is 104 Å². The fraction of sp³-hybridized carbons (Fsp3) is 0.0833. The van der Waals surface area contributed by atoms with Crippen LogP contribution in [0.3, 0.4) is 0 Å². The van der Waals surface area contributed by atoms with Gasteiger partial charge in [-0.3, -0.25) is 10.2 Å². The van der Waals surface area contributed by atoms with Gasteiger partial charge in [-0.2, -0.15) is 5.10 Å². The van der Waals surface area contributed by atoms with Crippen LogP contribution in [0.5, 0.6) is 5.75 Å². The van der Waals surface area contributed by atoms with E-state index < -0.39 is 5.56 Å². The van der Waals surface area contributed by atoms with Crippen molar-refractivity contribution in [3.8, 4) is 5.75 Å². The number of thiocarbonyl (C=S) groups is 1. The molecule has 0 aliphatic rings. The summed E-state index contributed by atoms with van der Waals surface area (Å²) in [6.45, 7) is 1.90. The molecule has 98 valence electrons. The molecule has 0 bridgehead atoms. The van der Waals surface area contributed by atoms with Crippen LogP contribution >= 0.6 is 12.2 Å². The molecule has 0 unspecified atom stereocenters. The number of H-pyrrole nitrogens is 1. The maximum absolute atomic E-state index is 11.8. The van der Waals surface area contributed by atoms with Crippen molar-refractivity contribution in [1.82, 2.24) is 10.4 Å². The van der Waals surface area contributed by atoms with Crippen LogP contribution < -0.4 is 16.7 Å². The number of hydrazone groups is 1. The molecule has 0 spiro atoms. The summed E-state index contributed by atoms with van der Waals surface area (Å²) in [7, 11) is 0. The van der Waals surface area contributed by atoms with Crippen LogP contribution in [-0.2, 0) is 0 Å². The fourth-order valence-electron chi connectivity index (χ4n) is 1.69. The third-order valence-electron chi connectivity index (χ3n) is 2.55. The van der Waals surface area contributed by atoms with Crippen molar-refractivity contribution in [2.75, 3.05) is 0 Å². The molecular weight excluding hydrogens is 264 g/mol. The van der Waals surface area contributed by atoms with Gasteiger partial charge in [0.1, 0.15) is 11.3 Å². The molecule has 0 radical (unpaired) electrons. The molecule has 2 rings (SSSR count). The molecular formula is C12H12N4O2S. The van der Waals surface area contributed by atoms with Crippen molar-refractivity contribution in [1.29, 1.82) is 0 Å². The number of hydrogen-bond donors (Lipinski definition) is 4. The number of pyridine rings is 1. The number of benzene rings is 1. The van der Waals surface area contributed by atoms with Crippen LogP contribution in [0.15, 0.2) is 28.1 Å². The van der Waals surface area contributed by atoms with E-state index in [1.54, 1.807) is 12.1 Å². The molecule has 0 atom stereocenters. The zero-order valence-electron chi connectivity index (χ0n) is 10.1. The summed E-state index contributed by atoms with van der Waals surface area (Å²) in [6, 6.07) is 5.36. The van der Waals surface area contributed by atoms with Gasteiger partial charge < -0.3 is 15.8 Å². The lowest BCUT2D eigenvalue weighted by atomic mass is 10.1. The molecule has 5 N–H and O–H groups in total. The van der Waals surface area contributed by atoms with Crippen LogP contribution in [0, 0.1) is 6.92 Å². The van der Waals surface area contributed by atoms with E-state index in [1.807, 2.05) is 13.0 Å². The fourth-order valence-corrected chi connectivity index (χ4v) is 1.74. The molecule has 19 heavy (non-hydrogen) atoms. The van der Waals surface area contributed by atoms with Gasteiger partial charge in [0, 0.05) is 5.39 Å². The average molecular weight is 276 g/mol. The molecule has 1 heterocycles. The van der Waals surface area contributed by atoms with Crippen LogP contribution in [0.2, 0.25) is 0 Å². The number of rotatable bonds is 2. The highest BCUT2D eigenvalue weighted by atomic mass is 32.1. The standard InChI is InChI=1S/C12H12N4O2S/c1-6-2-3-9-7(4-6)10(17)8(11(18)15-9)5-14-16-12(13)19/h2-5H,1H3,(H3,13,16,19)(H2,15,17,18)/b14-5-. The van der Waals surface area contributed by atoms with E-state index in [4.69, 9.17) is 5.73 Å². The quantitative estimate of drug-likeness (QED) is 0.367. The van der Waals surface area contributed by atoms with Gasteiger partial charge in [0.2, 0.25) is 0 Å². The smallest absolute Gasteiger partial charge is 0.261 e. The largest absolute Gasteiger partial charge is 0.506 e. The number of aromatic amines is 1. The summed E-state index contributed by atoms with van der Waals surface area (Å²) < 4.78 is 0. The van der Waals surface area contributed by atoms with Gasteiger partial charge in [0.05, 0.1) is 11.7 Å². The van der Waals surface area contributed by atoms with Gasteiger partial charge in [-0.15, -0.1) is 0 Å². The number of nitrogens with two attached hydrogens (primary N) is 1. The van der Waals surface area contributed by atoms with Crippen molar-refractivity contribution in [2.24, 2.45) is 10.8 Å². The molecule has 7 heteroatoms. The monoisotopic (exact) mass is 276 g/mol. The first-order chi connectivity index (χ1) is 8.99. The molecule has 6 nitrogen and oxygen atoms in total. The van der Waals surface area contributed by atoms with Crippen LogP contribution in [0.1, 0.15) is 11.1 Å². The Morgan fingerprint density at radius 3 is 3.00 bits per heavy atom. The Morgan fingerprint density at radius 1 is 1.58 bits per heavy atom. The maximum Gasteiger partial charge on any atom is 0.261 e. The predicted molar refractivity (Wildman–Crippen MR) is 78.5 cm³/mol. The van der Waals surface area contributed by atoms with Gasteiger partial charge >= 0.3 is 0 Å². The number of hydrogen-bond acceptors (Lipinski definition) is 4. The summed E-state index contributed by atoms with van der Waals surface area (Å²) in [5.74, 6) is -0.129. The van der Waals surface area contributed by atoms with E-state index in [0.717, 1.165) is 5.56 Å². The van der Waals surface area contributed by atoms with Crippen LogP contribution in [0.25, 0.3) is 10.9 Å². The Morgan fingerprint density at radius 2 is 2.32 bits per heavy atom. The third kappa shape index (κ3) is 2.71. The van der Waals surface area contributed by atoms with E-state index in [9.17, 15) is 9.90 Å². The first kappa shape index (κ1) is 13.0. The van der Waals surface area contributed by atoms with E-state index in [1.165, 1.54) is 6.21 Å². The van der Waals surface area contributed by atoms with Gasteiger partial charge in [-0.25, -0.2) is 0 Å². The van der Waals surface area contributed by atoms with Gasteiger partial charge in [-0.05, 0) is 31.3 Å². The van der Waals surface area contributed by atoms with E-state index in [-0.39, 0.29) is 16.4 Å². The molecule has 0 fully saturated rings. The molecule has 2 aromatic rings. The second-order valence-electron chi connectivity index (χ2n) is 4.00. The first-order valence-electron chi connectivity index (χ1n) is 5.43. The molecule has 1 aromatic carbocycles. The van der Waals surface area contributed by atoms with Gasteiger partial charge in [0.25, 0.3) is 5.56 Å². The molecule has 0 saturated carbocycles. The van der Waals surface area contributed by atoms with Crippen LogP contribution in [0.4, 0.5) is 0 Å². The van der Waals surface area contributed by atoms with Crippen molar-refractivity contribution in [2.45, 2.75) is 6.92 Å².